The van der Waals surface area contributed by atoms with Crippen molar-refractivity contribution in [3.8, 4) is 5.75 Å². The molecule has 1 rings (SSSR count). The van der Waals surface area contributed by atoms with Crippen molar-refractivity contribution in [1.29, 1.82) is 0 Å². The van der Waals surface area contributed by atoms with Gasteiger partial charge < -0.3 is 9.84 Å². The smallest absolute Gasteiger partial charge is 0.328 e. The lowest BCUT2D eigenvalue weighted by Crippen LogP contribution is -2.03. The largest absolute Gasteiger partial charge is 0.492 e. The summed E-state index contributed by atoms with van der Waals surface area (Å²) in [7, 11) is 0. The van der Waals surface area contributed by atoms with Gasteiger partial charge in [0.15, 0.2) is 0 Å². The van der Waals surface area contributed by atoms with Crippen LogP contribution in [0.3, 0.4) is 0 Å². The summed E-state index contributed by atoms with van der Waals surface area (Å²) in [6.07, 6.45) is 4.78. The molecule has 1 N–H and O–H groups in total. The molecule has 4 heteroatoms. The van der Waals surface area contributed by atoms with Gasteiger partial charge in [0, 0.05) is 11.8 Å². The third kappa shape index (κ3) is 4.45. The third-order valence-electron chi connectivity index (χ3n) is 2.43. The standard InChI is InChI=1S/C14H18O3S/c1-10-8-12(4-5-13(15)16)9-11(2)14(10)17-6-7-18-3/h4-5,8-9H,6-7H2,1-3H3,(H,15,16)/b5-4+. The van der Waals surface area contributed by atoms with E-state index in [2.05, 4.69) is 0 Å². The van der Waals surface area contributed by atoms with Gasteiger partial charge in [-0.2, -0.15) is 11.8 Å². The molecule has 0 aliphatic rings. The van der Waals surface area contributed by atoms with E-state index in [-0.39, 0.29) is 0 Å². The first-order valence-corrected chi connectivity index (χ1v) is 7.08. The average Bonchev–Trinajstić information content (AvgIpc) is 2.30. The van der Waals surface area contributed by atoms with E-state index in [0.29, 0.717) is 6.61 Å². The number of carboxylic acid groups (broad SMARTS) is 1. The Hall–Kier alpha value is -1.42. The molecule has 0 radical (unpaired) electrons. The van der Waals surface area contributed by atoms with Crippen LogP contribution in [-0.2, 0) is 4.79 Å². The monoisotopic (exact) mass is 266 g/mol. The number of carbonyl (C=O) groups is 1. The fourth-order valence-electron chi connectivity index (χ4n) is 1.70. The van der Waals surface area contributed by atoms with E-state index in [1.54, 1.807) is 17.8 Å². The zero-order chi connectivity index (χ0) is 13.5. The van der Waals surface area contributed by atoms with Crippen LogP contribution >= 0.6 is 11.8 Å². The molecule has 0 saturated carbocycles. The Balaban J connectivity index is 2.87. The van der Waals surface area contributed by atoms with Gasteiger partial charge in [-0.25, -0.2) is 4.79 Å². The first-order valence-electron chi connectivity index (χ1n) is 5.68. The normalized spacial score (nSPS) is 10.8. The molecule has 0 amide bonds. The second-order valence-corrected chi connectivity index (χ2v) is 4.98. The molecular formula is C14H18O3S. The minimum atomic E-state index is -0.939. The summed E-state index contributed by atoms with van der Waals surface area (Å²) in [5.41, 5.74) is 2.94. The number of ether oxygens (including phenoxy) is 1. The van der Waals surface area contributed by atoms with Crippen molar-refractivity contribution in [3.05, 3.63) is 34.9 Å². The van der Waals surface area contributed by atoms with Crippen LogP contribution in [0.15, 0.2) is 18.2 Å². The van der Waals surface area contributed by atoms with Gasteiger partial charge in [0.1, 0.15) is 5.75 Å². The van der Waals surface area contributed by atoms with Crippen LogP contribution in [0, 0.1) is 13.8 Å². The van der Waals surface area contributed by atoms with E-state index in [0.717, 1.165) is 34.3 Å². The third-order valence-corrected chi connectivity index (χ3v) is 3.01. The van der Waals surface area contributed by atoms with E-state index in [4.69, 9.17) is 9.84 Å². The minimum absolute atomic E-state index is 0.688. The number of benzene rings is 1. The van der Waals surface area contributed by atoms with Crippen LogP contribution in [-0.4, -0.2) is 29.7 Å². The van der Waals surface area contributed by atoms with Crippen molar-refractivity contribution < 1.29 is 14.6 Å². The number of carboxylic acids is 1. The number of aryl methyl sites for hydroxylation is 2. The molecule has 0 aliphatic heterocycles. The van der Waals surface area contributed by atoms with E-state index >= 15 is 0 Å². The van der Waals surface area contributed by atoms with Crippen molar-refractivity contribution in [2.24, 2.45) is 0 Å². The van der Waals surface area contributed by atoms with Crippen LogP contribution in [0.5, 0.6) is 5.75 Å². The van der Waals surface area contributed by atoms with Gasteiger partial charge >= 0.3 is 5.97 Å². The highest BCUT2D eigenvalue weighted by molar-refractivity contribution is 7.98. The SMILES string of the molecule is CSCCOc1c(C)cc(/C=C/C(=O)O)cc1C. The summed E-state index contributed by atoms with van der Waals surface area (Å²) in [5, 5.41) is 8.60. The van der Waals surface area contributed by atoms with Gasteiger partial charge in [0.25, 0.3) is 0 Å². The lowest BCUT2D eigenvalue weighted by atomic mass is 10.1. The molecule has 0 spiro atoms. The van der Waals surface area contributed by atoms with Crippen LogP contribution < -0.4 is 4.74 Å². The van der Waals surface area contributed by atoms with Crippen molar-refractivity contribution in [2.75, 3.05) is 18.6 Å². The molecule has 0 unspecified atom stereocenters. The van der Waals surface area contributed by atoms with E-state index in [9.17, 15) is 4.79 Å². The number of hydrogen-bond donors (Lipinski definition) is 1. The molecule has 18 heavy (non-hydrogen) atoms. The second kappa shape index (κ2) is 7.11. The Labute approximate surface area is 112 Å². The average molecular weight is 266 g/mol. The van der Waals surface area contributed by atoms with E-state index < -0.39 is 5.97 Å². The van der Waals surface area contributed by atoms with E-state index in [1.807, 2.05) is 32.2 Å². The quantitative estimate of drug-likeness (QED) is 0.634. The van der Waals surface area contributed by atoms with Gasteiger partial charge in [-0.05, 0) is 55.0 Å². The Morgan fingerprint density at radius 1 is 1.39 bits per heavy atom. The molecular weight excluding hydrogens is 248 g/mol. The molecule has 1 aromatic rings. The first kappa shape index (κ1) is 14.6. The summed E-state index contributed by atoms with van der Waals surface area (Å²) in [6, 6.07) is 3.86. The highest BCUT2D eigenvalue weighted by atomic mass is 32.2. The highest BCUT2D eigenvalue weighted by Crippen LogP contribution is 2.25. The molecule has 0 heterocycles. The zero-order valence-corrected chi connectivity index (χ0v) is 11.7. The van der Waals surface area contributed by atoms with Gasteiger partial charge in [0.05, 0.1) is 6.61 Å². The maximum Gasteiger partial charge on any atom is 0.328 e. The lowest BCUT2D eigenvalue weighted by Gasteiger charge is -2.12. The molecule has 0 aliphatic carbocycles. The van der Waals surface area contributed by atoms with Crippen LogP contribution in [0.1, 0.15) is 16.7 Å². The Morgan fingerprint density at radius 2 is 2.00 bits per heavy atom. The highest BCUT2D eigenvalue weighted by Gasteiger charge is 2.05. The number of hydrogen-bond acceptors (Lipinski definition) is 3. The Bertz CT molecular complexity index is 429. The summed E-state index contributed by atoms with van der Waals surface area (Å²) in [5.74, 6) is 0.918. The second-order valence-electron chi connectivity index (χ2n) is 4.00. The fourth-order valence-corrected chi connectivity index (χ4v) is 1.95. The van der Waals surface area contributed by atoms with Crippen molar-refractivity contribution in [1.82, 2.24) is 0 Å². The predicted molar refractivity (Wildman–Crippen MR) is 76.5 cm³/mol. The summed E-state index contributed by atoms with van der Waals surface area (Å²) in [4.78, 5) is 10.5. The number of aliphatic carboxylic acids is 1. The fraction of sp³-hybridized carbons (Fsp3) is 0.357. The Morgan fingerprint density at radius 3 is 2.50 bits per heavy atom. The van der Waals surface area contributed by atoms with Gasteiger partial charge in [-0.3, -0.25) is 0 Å². The van der Waals surface area contributed by atoms with Gasteiger partial charge in [-0.1, -0.05) is 0 Å². The molecule has 98 valence electrons. The summed E-state index contributed by atoms with van der Waals surface area (Å²) < 4.78 is 5.73. The van der Waals surface area contributed by atoms with Crippen LogP contribution in [0.4, 0.5) is 0 Å². The molecule has 0 fully saturated rings. The maximum atomic E-state index is 10.5. The summed E-state index contributed by atoms with van der Waals surface area (Å²) in [6.45, 7) is 4.63. The van der Waals surface area contributed by atoms with Crippen molar-refractivity contribution in [2.45, 2.75) is 13.8 Å². The van der Waals surface area contributed by atoms with Crippen LogP contribution in [0.25, 0.3) is 6.08 Å². The Kier molecular flexibility index (Phi) is 5.78. The van der Waals surface area contributed by atoms with Gasteiger partial charge in [0.2, 0.25) is 0 Å². The maximum absolute atomic E-state index is 10.5. The number of thioether (sulfide) groups is 1. The van der Waals surface area contributed by atoms with E-state index in [1.165, 1.54) is 0 Å². The molecule has 0 bridgehead atoms. The van der Waals surface area contributed by atoms with Crippen LogP contribution in [0.2, 0.25) is 0 Å². The molecule has 3 nitrogen and oxygen atoms in total. The number of rotatable bonds is 6. The first-order chi connectivity index (χ1) is 8.54. The lowest BCUT2D eigenvalue weighted by molar-refractivity contribution is -0.131. The topological polar surface area (TPSA) is 46.5 Å². The molecule has 0 aromatic heterocycles. The molecule has 1 aromatic carbocycles. The molecule has 0 atom stereocenters. The van der Waals surface area contributed by atoms with Gasteiger partial charge in [-0.15, -0.1) is 0 Å². The van der Waals surface area contributed by atoms with Crippen molar-refractivity contribution >= 4 is 23.8 Å². The zero-order valence-electron chi connectivity index (χ0n) is 10.9. The molecule has 0 saturated heterocycles. The van der Waals surface area contributed by atoms with Crippen molar-refractivity contribution in [3.63, 3.8) is 0 Å². The summed E-state index contributed by atoms with van der Waals surface area (Å²) >= 11 is 1.75. The predicted octanol–water partition coefficient (Wildman–Crippen LogP) is 3.14. The minimum Gasteiger partial charge on any atom is -0.492 e.